The second kappa shape index (κ2) is 6.51. The van der Waals surface area contributed by atoms with Gasteiger partial charge in [-0.15, -0.1) is 0 Å². The van der Waals surface area contributed by atoms with E-state index in [1.54, 1.807) is 6.20 Å². The monoisotopic (exact) mass is 381 g/mol. The standard InChI is InChI=1S/C23H19N5O/c1-2-6-17-16(5-1)24-12-21(27-17)18-10-11-20-23(28-18)29-22(13-25-20)19-9-8-14-4-3-7-15(14)26-19/h1-2,5-6,8-12,22,25H,3-4,7,13H2. The molecule has 142 valence electrons. The number of pyridine rings is 2. The Morgan fingerprint density at radius 2 is 1.79 bits per heavy atom. The van der Waals surface area contributed by atoms with E-state index in [0.29, 0.717) is 12.4 Å². The summed E-state index contributed by atoms with van der Waals surface area (Å²) in [6.45, 7) is 0.676. The van der Waals surface area contributed by atoms with Crippen LogP contribution in [-0.4, -0.2) is 26.5 Å². The van der Waals surface area contributed by atoms with Crippen LogP contribution in [0.15, 0.2) is 54.7 Å². The first kappa shape index (κ1) is 16.4. The Bertz CT molecular complexity index is 1240. The minimum absolute atomic E-state index is 0.154. The lowest BCUT2D eigenvalue weighted by Crippen LogP contribution is -2.25. The number of para-hydroxylation sites is 2. The van der Waals surface area contributed by atoms with Crippen LogP contribution in [0.3, 0.4) is 0 Å². The molecule has 1 atom stereocenters. The number of ether oxygens (including phenoxy) is 1. The van der Waals surface area contributed by atoms with Crippen molar-refractivity contribution in [3.05, 3.63) is 71.7 Å². The van der Waals surface area contributed by atoms with Gasteiger partial charge in [-0.1, -0.05) is 18.2 Å². The summed E-state index contributed by atoms with van der Waals surface area (Å²) < 4.78 is 6.24. The number of fused-ring (bicyclic) bond motifs is 3. The second-order valence-corrected chi connectivity index (χ2v) is 7.48. The molecule has 6 heteroatoms. The van der Waals surface area contributed by atoms with E-state index in [4.69, 9.17) is 19.7 Å². The Kier molecular flexibility index (Phi) is 3.69. The van der Waals surface area contributed by atoms with E-state index < -0.39 is 0 Å². The highest BCUT2D eigenvalue weighted by atomic mass is 16.5. The molecular formula is C23H19N5O. The zero-order valence-corrected chi connectivity index (χ0v) is 15.8. The highest BCUT2D eigenvalue weighted by molar-refractivity contribution is 5.76. The van der Waals surface area contributed by atoms with Crippen LogP contribution in [0.1, 0.15) is 29.5 Å². The molecule has 6 rings (SSSR count). The number of aromatic nitrogens is 4. The number of nitrogens with zero attached hydrogens (tertiary/aromatic N) is 4. The van der Waals surface area contributed by atoms with Crippen LogP contribution in [0.5, 0.6) is 5.88 Å². The molecule has 0 amide bonds. The third-order valence-corrected chi connectivity index (χ3v) is 5.58. The third-order valence-electron chi connectivity index (χ3n) is 5.58. The summed E-state index contributed by atoms with van der Waals surface area (Å²) in [6.07, 6.45) is 4.98. The van der Waals surface area contributed by atoms with Crippen molar-refractivity contribution < 1.29 is 4.74 Å². The van der Waals surface area contributed by atoms with Crippen molar-refractivity contribution in [1.82, 2.24) is 19.9 Å². The average Bonchev–Trinajstić information content (AvgIpc) is 3.26. The van der Waals surface area contributed by atoms with Crippen molar-refractivity contribution >= 4 is 16.7 Å². The van der Waals surface area contributed by atoms with Crippen molar-refractivity contribution in [3.63, 3.8) is 0 Å². The molecule has 1 N–H and O–H groups in total. The summed E-state index contributed by atoms with van der Waals surface area (Å²) in [5.41, 5.74) is 7.62. The first-order valence-corrected chi connectivity index (χ1v) is 9.96. The molecule has 0 bridgehead atoms. The Morgan fingerprint density at radius 1 is 0.862 bits per heavy atom. The highest BCUT2D eigenvalue weighted by Gasteiger charge is 2.25. The molecule has 0 saturated heterocycles. The van der Waals surface area contributed by atoms with Gasteiger partial charge in [0, 0.05) is 5.69 Å². The summed E-state index contributed by atoms with van der Waals surface area (Å²) in [7, 11) is 0. The van der Waals surface area contributed by atoms with Gasteiger partial charge < -0.3 is 10.1 Å². The molecule has 1 aliphatic carbocycles. The summed E-state index contributed by atoms with van der Waals surface area (Å²) in [6, 6.07) is 16.0. The van der Waals surface area contributed by atoms with Gasteiger partial charge in [-0.05, 0) is 55.2 Å². The first-order chi connectivity index (χ1) is 14.3. The van der Waals surface area contributed by atoms with Crippen LogP contribution in [-0.2, 0) is 12.8 Å². The SMILES string of the molecule is c1ccc2nc(-c3ccc4c(n3)OC(c3ccc5c(n3)CCC5)CN4)cnc2c1. The lowest BCUT2D eigenvalue weighted by molar-refractivity contribution is 0.196. The van der Waals surface area contributed by atoms with Crippen molar-refractivity contribution in [2.75, 3.05) is 11.9 Å². The maximum absolute atomic E-state index is 6.24. The van der Waals surface area contributed by atoms with E-state index in [2.05, 4.69) is 22.4 Å². The number of aryl methyl sites for hydroxylation is 2. The van der Waals surface area contributed by atoms with Gasteiger partial charge in [-0.3, -0.25) is 9.97 Å². The minimum Gasteiger partial charge on any atom is -0.464 e. The Morgan fingerprint density at radius 3 is 2.76 bits per heavy atom. The van der Waals surface area contributed by atoms with Gasteiger partial charge in [-0.2, -0.15) is 0 Å². The minimum atomic E-state index is -0.154. The van der Waals surface area contributed by atoms with Gasteiger partial charge in [0.05, 0.1) is 40.9 Å². The van der Waals surface area contributed by atoms with Crippen molar-refractivity contribution in [2.24, 2.45) is 0 Å². The van der Waals surface area contributed by atoms with Gasteiger partial charge in [0.15, 0.2) is 6.10 Å². The molecule has 4 aromatic rings. The number of nitrogens with one attached hydrogen (secondary N) is 1. The average molecular weight is 381 g/mol. The fourth-order valence-corrected chi connectivity index (χ4v) is 4.05. The summed E-state index contributed by atoms with van der Waals surface area (Å²) in [5.74, 6) is 0.580. The smallest absolute Gasteiger partial charge is 0.238 e. The van der Waals surface area contributed by atoms with E-state index in [1.807, 2.05) is 36.4 Å². The van der Waals surface area contributed by atoms with Crippen molar-refractivity contribution in [3.8, 4) is 17.3 Å². The molecule has 29 heavy (non-hydrogen) atoms. The fraction of sp³-hybridized carbons (Fsp3) is 0.217. The molecule has 4 heterocycles. The van der Waals surface area contributed by atoms with Crippen LogP contribution < -0.4 is 10.1 Å². The van der Waals surface area contributed by atoms with Crippen LogP contribution in [0, 0.1) is 0 Å². The molecule has 1 aliphatic heterocycles. The van der Waals surface area contributed by atoms with Crippen molar-refractivity contribution in [1.29, 1.82) is 0 Å². The molecule has 0 fully saturated rings. The summed E-state index contributed by atoms with van der Waals surface area (Å²) >= 11 is 0. The first-order valence-electron chi connectivity index (χ1n) is 9.96. The zero-order valence-electron chi connectivity index (χ0n) is 15.8. The second-order valence-electron chi connectivity index (χ2n) is 7.48. The van der Waals surface area contributed by atoms with Crippen LogP contribution in [0.4, 0.5) is 5.69 Å². The topological polar surface area (TPSA) is 72.8 Å². The molecule has 1 unspecified atom stereocenters. The summed E-state index contributed by atoms with van der Waals surface area (Å²) in [5, 5.41) is 3.42. The molecule has 1 aromatic carbocycles. The van der Waals surface area contributed by atoms with E-state index in [0.717, 1.165) is 46.6 Å². The largest absolute Gasteiger partial charge is 0.464 e. The van der Waals surface area contributed by atoms with E-state index in [1.165, 1.54) is 17.7 Å². The van der Waals surface area contributed by atoms with Gasteiger partial charge in [0.25, 0.3) is 0 Å². The Balaban J connectivity index is 1.33. The molecule has 6 nitrogen and oxygen atoms in total. The normalized spacial score (nSPS) is 17.3. The molecule has 0 spiro atoms. The van der Waals surface area contributed by atoms with E-state index in [9.17, 15) is 0 Å². The Hall–Kier alpha value is -3.54. The van der Waals surface area contributed by atoms with Gasteiger partial charge in [-0.25, -0.2) is 9.97 Å². The highest BCUT2D eigenvalue weighted by Crippen LogP contribution is 2.34. The van der Waals surface area contributed by atoms with Gasteiger partial charge in [0.1, 0.15) is 5.69 Å². The third kappa shape index (κ3) is 2.88. The molecule has 3 aromatic heterocycles. The quantitative estimate of drug-likeness (QED) is 0.563. The number of hydrogen-bond donors (Lipinski definition) is 1. The maximum atomic E-state index is 6.24. The molecule has 0 saturated carbocycles. The van der Waals surface area contributed by atoms with Crippen LogP contribution >= 0.6 is 0 Å². The number of hydrogen-bond acceptors (Lipinski definition) is 6. The van der Waals surface area contributed by atoms with Gasteiger partial charge in [0.2, 0.25) is 5.88 Å². The number of rotatable bonds is 2. The zero-order chi connectivity index (χ0) is 19.2. The predicted molar refractivity (Wildman–Crippen MR) is 111 cm³/mol. The lowest BCUT2D eigenvalue weighted by Gasteiger charge is -2.26. The van der Waals surface area contributed by atoms with E-state index >= 15 is 0 Å². The maximum Gasteiger partial charge on any atom is 0.238 e. The van der Waals surface area contributed by atoms with Crippen LogP contribution in [0.2, 0.25) is 0 Å². The van der Waals surface area contributed by atoms with E-state index in [-0.39, 0.29) is 6.10 Å². The van der Waals surface area contributed by atoms with Gasteiger partial charge >= 0.3 is 0 Å². The lowest BCUT2D eigenvalue weighted by atomic mass is 10.1. The van der Waals surface area contributed by atoms with Crippen LogP contribution in [0.25, 0.3) is 22.4 Å². The molecule has 0 radical (unpaired) electrons. The molecule has 2 aliphatic rings. The Labute approximate surface area is 168 Å². The summed E-state index contributed by atoms with van der Waals surface area (Å²) in [4.78, 5) is 18.8. The molecular weight excluding hydrogens is 362 g/mol. The fourth-order valence-electron chi connectivity index (χ4n) is 4.05. The number of benzene rings is 1. The van der Waals surface area contributed by atoms with Crippen molar-refractivity contribution in [2.45, 2.75) is 25.4 Å². The number of anilines is 1. The predicted octanol–water partition coefficient (Wildman–Crippen LogP) is 4.12.